The highest BCUT2D eigenvalue weighted by Crippen LogP contribution is 2.23. The number of aromatic carboxylic acids is 1. The van der Waals surface area contributed by atoms with Crippen molar-refractivity contribution in [1.29, 1.82) is 0 Å². The molecule has 0 atom stereocenters. The van der Waals surface area contributed by atoms with Gasteiger partial charge < -0.3 is 5.11 Å². The summed E-state index contributed by atoms with van der Waals surface area (Å²) in [5, 5.41) is 8.73. The van der Waals surface area contributed by atoms with E-state index in [1.807, 2.05) is 0 Å². The molecule has 0 saturated heterocycles. The number of carboxylic acids is 1. The molecule has 0 unspecified atom stereocenters. The molecule has 6 nitrogen and oxygen atoms in total. The van der Waals surface area contributed by atoms with Gasteiger partial charge in [-0.05, 0) is 6.07 Å². The van der Waals surface area contributed by atoms with Crippen LogP contribution in [0, 0.1) is 0 Å². The summed E-state index contributed by atoms with van der Waals surface area (Å²) in [6.07, 6.45) is 2.22. The summed E-state index contributed by atoms with van der Waals surface area (Å²) in [7, 11) is -3.38. The Bertz CT molecular complexity index is 674. The molecule has 0 fully saturated rings. The molecule has 1 N–H and O–H groups in total. The van der Waals surface area contributed by atoms with Crippen molar-refractivity contribution >= 4 is 37.5 Å². The van der Waals surface area contributed by atoms with Crippen molar-refractivity contribution in [3.8, 4) is 0 Å². The number of carbonyl (C=O) groups is 1. The first-order valence-electron chi connectivity index (χ1n) is 4.08. The van der Waals surface area contributed by atoms with Gasteiger partial charge in [-0.1, -0.05) is 11.3 Å². The van der Waals surface area contributed by atoms with Gasteiger partial charge in [0, 0.05) is 12.5 Å². The van der Waals surface area contributed by atoms with Crippen molar-refractivity contribution in [2.24, 2.45) is 0 Å². The Morgan fingerprint density at radius 3 is 2.75 bits per heavy atom. The van der Waals surface area contributed by atoms with Gasteiger partial charge in [-0.2, -0.15) is 0 Å². The summed E-state index contributed by atoms with van der Waals surface area (Å²) >= 11 is 0.922. The van der Waals surface area contributed by atoms with Gasteiger partial charge >= 0.3 is 5.97 Å². The van der Waals surface area contributed by atoms with E-state index in [4.69, 9.17) is 5.11 Å². The fourth-order valence-corrected chi connectivity index (χ4v) is 2.81. The second-order valence-corrected chi connectivity index (χ2v) is 6.27. The maximum Gasteiger partial charge on any atom is 0.337 e. The van der Waals surface area contributed by atoms with E-state index in [1.54, 1.807) is 0 Å². The zero-order valence-electron chi connectivity index (χ0n) is 8.04. The molecule has 0 radical (unpaired) electrons. The number of nitrogens with zero attached hydrogens (tertiary/aromatic N) is 2. The van der Waals surface area contributed by atoms with Gasteiger partial charge in [-0.15, -0.1) is 0 Å². The van der Waals surface area contributed by atoms with Crippen LogP contribution >= 0.6 is 11.3 Å². The molecule has 2 aromatic rings. The molecule has 2 rings (SSSR count). The first-order valence-corrected chi connectivity index (χ1v) is 6.78. The Hall–Kier alpha value is -1.54. The Morgan fingerprint density at radius 1 is 1.50 bits per heavy atom. The summed E-state index contributed by atoms with van der Waals surface area (Å²) in [4.78, 5) is 18.8. The number of fused-ring (bicyclic) bond motifs is 1. The molecule has 8 heteroatoms. The average molecular weight is 258 g/mol. The van der Waals surface area contributed by atoms with Crippen LogP contribution in [0.5, 0.6) is 0 Å². The van der Waals surface area contributed by atoms with Gasteiger partial charge in [-0.3, -0.25) is 0 Å². The number of sulfone groups is 1. The van der Waals surface area contributed by atoms with E-state index in [0.29, 0.717) is 4.83 Å². The molecule has 0 aliphatic rings. The first kappa shape index (κ1) is 11.0. The van der Waals surface area contributed by atoms with Crippen LogP contribution in [0.4, 0.5) is 0 Å². The van der Waals surface area contributed by atoms with Gasteiger partial charge in [-0.25, -0.2) is 23.2 Å². The van der Waals surface area contributed by atoms with E-state index in [1.165, 1.54) is 12.3 Å². The monoisotopic (exact) mass is 258 g/mol. The van der Waals surface area contributed by atoms with Crippen LogP contribution in [0.2, 0.25) is 0 Å². The number of pyridine rings is 1. The standard InChI is InChI=1S/C8H6N2O4S2/c1-16(13,14)8-10-5-2-4(7(11)12)3-9-6(5)15-8/h2-3H,1H3,(H,11,12). The van der Waals surface area contributed by atoms with E-state index in [9.17, 15) is 13.2 Å². The summed E-state index contributed by atoms with van der Waals surface area (Å²) in [5.41, 5.74) is 0.267. The lowest BCUT2D eigenvalue weighted by Gasteiger charge is -1.91. The number of hydrogen-bond donors (Lipinski definition) is 1. The summed E-state index contributed by atoms with van der Waals surface area (Å²) in [6.45, 7) is 0. The van der Waals surface area contributed by atoms with Crippen LogP contribution in [-0.4, -0.2) is 35.7 Å². The molecule has 0 spiro atoms. The van der Waals surface area contributed by atoms with E-state index >= 15 is 0 Å². The third kappa shape index (κ3) is 1.89. The lowest BCUT2D eigenvalue weighted by molar-refractivity contribution is 0.0696. The molecule has 2 aromatic heterocycles. The average Bonchev–Trinajstić information content (AvgIpc) is 2.58. The fraction of sp³-hybridized carbons (Fsp3) is 0.125. The fourth-order valence-electron chi connectivity index (χ4n) is 1.08. The number of aromatic nitrogens is 2. The second kappa shape index (κ2) is 3.49. The predicted octanol–water partition coefficient (Wildman–Crippen LogP) is 0.793. The van der Waals surface area contributed by atoms with E-state index in [0.717, 1.165) is 17.6 Å². The van der Waals surface area contributed by atoms with Crippen molar-refractivity contribution in [3.05, 3.63) is 17.8 Å². The van der Waals surface area contributed by atoms with Crippen molar-refractivity contribution in [3.63, 3.8) is 0 Å². The van der Waals surface area contributed by atoms with Gasteiger partial charge in [0.15, 0.2) is 0 Å². The van der Waals surface area contributed by atoms with Gasteiger partial charge in [0.2, 0.25) is 14.2 Å². The minimum absolute atomic E-state index is 0.0159. The number of hydrogen-bond acceptors (Lipinski definition) is 6. The Morgan fingerprint density at radius 2 is 2.19 bits per heavy atom. The maximum absolute atomic E-state index is 11.2. The van der Waals surface area contributed by atoms with Gasteiger partial charge in [0.1, 0.15) is 10.3 Å². The van der Waals surface area contributed by atoms with Crippen LogP contribution in [0.3, 0.4) is 0 Å². The Balaban J connectivity index is 2.68. The van der Waals surface area contributed by atoms with Crippen molar-refractivity contribution in [2.75, 3.05) is 6.26 Å². The molecule has 0 amide bonds. The highest BCUT2D eigenvalue weighted by Gasteiger charge is 2.15. The van der Waals surface area contributed by atoms with Crippen molar-refractivity contribution in [1.82, 2.24) is 9.97 Å². The Kier molecular flexibility index (Phi) is 2.39. The molecule has 0 bridgehead atoms. The minimum atomic E-state index is -3.38. The van der Waals surface area contributed by atoms with Crippen LogP contribution in [0.15, 0.2) is 16.6 Å². The molecule has 0 aromatic carbocycles. The SMILES string of the molecule is CS(=O)(=O)c1nc2cc(C(=O)O)cnc2s1. The molecule has 0 aliphatic heterocycles. The molecule has 16 heavy (non-hydrogen) atoms. The van der Waals surface area contributed by atoms with Crippen LogP contribution in [-0.2, 0) is 9.84 Å². The lowest BCUT2D eigenvalue weighted by Crippen LogP contribution is -1.97. The van der Waals surface area contributed by atoms with Crippen molar-refractivity contribution < 1.29 is 18.3 Å². The number of thiazole rings is 1. The van der Waals surface area contributed by atoms with Crippen LogP contribution in [0.25, 0.3) is 10.3 Å². The van der Waals surface area contributed by atoms with E-state index in [2.05, 4.69) is 9.97 Å². The zero-order valence-corrected chi connectivity index (χ0v) is 9.67. The summed E-state index contributed by atoms with van der Waals surface area (Å²) in [5.74, 6) is -1.12. The molecule has 0 saturated carbocycles. The molecular weight excluding hydrogens is 252 g/mol. The summed E-state index contributed by atoms with van der Waals surface area (Å²) in [6, 6.07) is 1.30. The molecular formula is C8H6N2O4S2. The zero-order chi connectivity index (χ0) is 11.9. The molecule has 84 valence electrons. The smallest absolute Gasteiger partial charge is 0.337 e. The van der Waals surface area contributed by atoms with E-state index < -0.39 is 15.8 Å². The van der Waals surface area contributed by atoms with Gasteiger partial charge in [0.25, 0.3) is 0 Å². The topological polar surface area (TPSA) is 97.2 Å². The largest absolute Gasteiger partial charge is 0.478 e. The molecule has 2 heterocycles. The lowest BCUT2D eigenvalue weighted by atomic mass is 10.3. The third-order valence-electron chi connectivity index (χ3n) is 1.79. The molecule has 0 aliphatic carbocycles. The quantitative estimate of drug-likeness (QED) is 0.855. The summed E-state index contributed by atoms with van der Waals surface area (Å²) < 4.78 is 22.4. The number of rotatable bonds is 2. The third-order valence-corrected chi connectivity index (χ3v) is 4.45. The van der Waals surface area contributed by atoms with Crippen molar-refractivity contribution in [2.45, 2.75) is 4.34 Å². The normalized spacial score (nSPS) is 11.8. The highest BCUT2D eigenvalue weighted by atomic mass is 32.2. The van der Waals surface area contributed by atoms with Gasteiger partial charge in [0.05, 0.1) is 5.56 Å². The highest BCUT2D eigenvalue weighted by molar-refractivity contribution is 7.92. The van der Waals surface area contributed by atoms with E-state index in [-0.39, 0.29) is 15.4 Å². The maximum atomic E-state index is 11.2. The minimum Gasteiger partial charge on any atom is -0.478 e. The Labute approximate surface area is 94.5 Å². The first-order chi connectivity index (χ1) is 7.38. The van der Waals surface area contributed by atoms with Crippen LogP contribution in [0.1, 0.15) is 10.4 Å². The number of carboxylic acid groups (broad SMARTS) is 1. The second-order valence-electron chi connectivity index (χ2n) is 3.11. The van der Waals surface area contributed by atoms with Crippen LogP contribution < -0.4 is 0 Å². The predicted molar refractivity (Wildman–Crippen MR) is 57.5 cm³/mol.